The lowest BCUT2D eigenvalue weighted by Crippen LogP contribution is -2.40. The highest BCUT2D eigenvalue weighted by Crippen LogP contribution is 2.27. The number of likely N-dealkylation sites (tertiary alicyclic amines) is 1. The molecular weight excluding hydrogens is 495 g/mol. The van der Waals surface area contributed by atoms with Gasteiger partial charge in [0, 0.05) is 72.8 Å². The first-order valence-corrected chi connectivity index (χ1v) is 12.9. The summed E-state index contributed by atoms with van der Waals surface area (Å²) in [4.78, 5) is 36.5. The van der Waals surface area contributed by atoms with Crippen molar-refractivity contribution in [3.63, 3.8) is 0 Å². The van der Waals surface area contributed by atoms with Gasteiger partial charge >= 0.3 is 0 Å². The summed E-state index contributed by atoms with van der Waals surface area (Å²) in [5, 5.41) is 4.28. The number of carbonyl (C=O) groups excluding carboxylic acids is 2. The van der Waals surface area contributed by atoms with E-state index in [4.69, 9.17) is 0 Å². The molecule has 0 bridgehead atoms. The quantitative estimate of drug-likeness (QED) is 0.230. The first-order valence-electron chi connectivity index (χ1n) is 12.9. The Morgan fingerprint density at radius 2 is 1.82 bits per heavy atom. The van der Waals surface area contributed by atoms with Crippen LogP contribution in [0.5, 0.6) is 0 Å². The highest BCUT2D eigenvalue weighted by Gasteiger charge is 2.27. The van der Waals surface area contributed by atoms with Crippen molar-refractivity contribution in [2.24, 2.45) is 18.0 Å². The minimum atomic E-state index is -0.831. The van der Waals surface area contributed by atoms with E-state index in [1.54, 1.807) is 60.1 Å². The molecule has 2 aromatic heterocycles. The molecule has 3 aromatic rings. The van der Waals surface area contributed by atoms with Crippen molar-refractivity contribution < 1.29 is 14.1 Å². The van der Waals surface area contributed by atoms with Crippen LogP contribution in [0.2, 0.25) is 0 Å². The summed E-state index contributed by atoms with van der Waals surface area (Å²) in [6.45, 7) is 10.5. The van der Waals surface area contributed by atoms with Crippen LogP contribution in [-0.2, 0) is 7.05 Å². The molecule has 0 aliphatic carbocycles. The zero-order valence-electron chi connectivity index (χ0n) is 22.8. The Kier molecular flexibility index (Phi) is 8.49. The molecule has 8 nitrogen and oxygen atoms in total. The fraction of sp³-hybridized carbons (Fsp3) is 0.300. The number of aliphatic imine (C=N–C) groups is 1. The Bertz CT molecular complexity index is 1430. The molecule has 1 aliphatic heterocycles. The molecular formula is C30H33FN6O2. The van der Waals surface area contributed by atoms with Crippen LogP contribution in [0.15, 0.2) is 72.8 Å². The van der Waals surface area contributed by atoms with Gasteiger partial charge in [-0.25, -0.2) is 0 Å². The maximum Gasteiger partial charge on any atom is 0.287 e. The number of pyridine rings is 1. The number of hydrogen-bond donors (Lipinski definition) is 0. The second kappa shape index (κ2) is 12.0. The molecule has 1 aromatic carbocycles. The van der Waals surface area contributed by atoms with Gasteiger partial charge in [-0.3, -0.25) is 24.2 Å². The number of piperidine rings is 1. The molecule has 0 spiro atoms. The topological polar surface area (TPSA) is 83.7 Å². The highest BCUT2D eigenvalue weighted by atomic mass is 19.2. The number of hydrogen-bond acceptors (Lipinski definition) is 5. The molecule has 0 radical (unpaired) electrons. The van der Waals surface area contributed by atoms with Gasteiger partial charge in [-0.15, -0.1) is 5.12 Å². The number of rotatable bonds is 7. The maximum absolute atomic E-state index is 15.2. The van der Waals surface area contributed by atoms with Crippen molar-refractivity contribution in [3.8, 4) is 0 Å². The van der Waals surface area contributed by atoms with E-state index in [-0.39, 0.29) is 28.2 Å². The summed E-state index contributed by atoms with van der Waals surface area (Å²) < 4.78 is 16.9. The predicted octanol–water partition coefficient (Wildman–Crippen LogP) is 5.50. The van der Waals surface area contributed by atoms with Gasteiger partial charge in [-0.05, 0) is 63.4 Å². The van der Waals surface area contributed by atoms with E-state index in [9.17, 15) is 9.59 Å². The standard InChI is InChI=1S/C30H33FN6O2/c1-6-23(27-18-34-35(5)19-27)16-33-22(4)24-11-13-36(14-12-24)29(38)25-9-7-20(2)28(15-25)37(31)30(39)26-10-8-21(3)32-17-26/h6-10,15-19,24H,1,11-14H2,2-5H3/b23-16+,33-22?. The number of halogens is 1. The first-order chi connectivity index (χ1) is 18.7. The van der Waals surface area contributed by atoms with Gasteiger partial charge in [0.2, 0.25) is 0 Å². The molecule has 3 heterocycles. The molecule has 2 amide bonds. The van der Waals surface area contributed by atoms with Crippen LogP contribution in [0.25, 0.3) is 5.57 Å². The number of nitrogens with zero attached hydrogens (tertiary/aromatic N) is 6. The second-order valence-electron chi connectivity index (χ2n) is 9.80. The van der Waals surface area contributed by atoms with E-state index in [1.807, 2.05) is 20.2 Å². The average molecular weight is 529 g/mol. The molecule has 39 heavy (non-hydrogen) atoms. The van der Waals surface area contributed by atoms with Gasteiger partial charge in [-0.1, -0.05) is 23.2 Å². The highest BCUT2D eigenvalue weighted by molar-refractivity contribution is 6.05. The Labute approximate surface area is 228 Å². The molecule has 202 valence electrons. The Morgan fingerprint density at radius 3 is 2.44 bits per heavy atom. The largest absolute Gasteiger partial charge is 0.339 e. The second-order valence-corrected chi connectivity index (χ2v) is 9.80. The summed E-state index contributed by atoms with van der Waals surface area (Å²) in [5.74, 6) is -0.767. The predicted molar refractivity (Wildman–Crippen MR) is 151 cm³/mol. The van der Waals surface area contributed by atoms with Crippen molar-refractivity contribution in [1.29, 1.82) is 0 Å². The normalized spacial score (nSPS) is 14.8. The molecule has 1 saturated heterocycles. The van der Waals surface area contributed by atoms with Crippen molar-refractivity contribution >= 4 is 28.8 Å². The number of benzene rings is 1. The van der Waals surface area contributed by atoms with E-state index < -0.39 is 5.91 Å². The number of aryl methyl sites for hydroxylation is 3. The van der Waals surface area contributed by atoms with E-state index in [0.717, 1.165) is 35.4 Å². The molecule has 0 saturated carbocycles. The fourth-order valence-electron chi connectivity index (χ4n) is 4.55. The van der Waals surface area contributed by atoms with Crippen molar-refractivity contribution in [2.45, 2.75) is 33.6 Å². The summed E-state index contributed by atoms with van der Waals surface area (Å²) in [6, 6.07) is 7.95. The average Bonchev–Trinajstić information content (AvgIpc) is 3.38. The number of carbonyl (C=O) groups is 2. The summed E-state index contributed by atoms with van der Waals surface area (Å²) >= 11 is 0. The van der Waals surface area contributed by atoms with Crippen LogP contribution in [-0.4, -0.2) is 50.3 Å². The zero-order valence-corrected chi connectivity index (χ0v) is 22.8. The summed E-state index contributed by atoms with van der Waals surface area (Å²) in [7, 11) is 1.86. The number of allylic oxidation sites excluding steroid dienone is 2. The molecule has 4 rings (SSSR count). The SMILES string of the molecule is C=C/C(=C\N=C(C)C1CCN(C(=O)c2ccc(C)c(N(F)C(=O)c3ccc(C)nc3)c2)CC1)c1cnn(C)c1. The van der Waals surface area contributed by atoms with Crippen LogP contribution < -0.4 is 5.12 Å². The van der Waals surface area contributed by atoms with Gasteiger partial charge in [0.15, 0.2) is 0 Å². The van der Waals surface area contributed by atoms with Crippen molar-refractivity contribution in [3.05, 3.63) is 95.7 Å². The third kappa shape index (κ3) is 6.37. The summed E-state index contributed by atoms with van der Waals surface area (Å²) in [5.41, 5.74) is 4.64. The van der Waals surface area contributed by atoms with Gasteiger partial charge in [0.1, 0.15) is 0 Å². The fourth-order valence-corrected chi connectivity index (χ4v) is 4.55. The third-order valence-electron chi connectivity index (χ3n) is 7.04. The molecule has 1 aliphatic rings. The molecule has 9 heteroatoms. The van der Waals surface area contributed by atoms with Crippen molar-refractivity contribution in [2.75, 3.05) is 18.2 Å². The number of anilines is 1. The zero-order chi connectivity index (χ0) is 28.1. The minimum absolute atomic E-state index is 0.0442. The van der Waals surface area contributed by atoms with Crippen LogP contribution in [0, 0.1) is 19.8 Å². The monoisotopic (exact) mass is 528 g/mol. The molecule has 1 fully saturated rings. The third-order valence-corrected chi connectivity index (χ3v) is 7.04. The number of amides is 2. The maximum atomic E-state index is 15.2. The Morgan fingerprint density at radius 1 is 1.10 bits per heavy atom. The van der Waals surface area contributed by atoms with E-state index >= 15 is 4.48 Å². The smallest absolute Gasteiger partial charge is 0.287 e. The van der Waals surface area contributed by atoms with E-state index in [2.05, 4.69) is 21.7 Å². The van der Waals surface area contributed by atoms with Gasteiger partial charge in [-0.2, -0.15) is 5.10 Å². The lowest BCUT2D eigenvalue weighted by atomic mass is 9.92. The summed E-state index contributed by atoms with van der Waals surface area (Å²) in [6.07, 6.45) is 10.1. The van der Waals surface area contributed by atoms with E-state index in [1.165, 1.54) is 18.3 Å². The number of aromatic nitrogens is 3. The Balaban J connectivity index is 1.42. The minimum Gasteiger partial charge on any atom is -0.339 e. The Hall–Kier alpha value is -4.40. The van der Waals surface area contributed by atoms with E-state index in [0.29, 0.717) is 24.2 Å². The molecule has 0 atom stereocenters. The molecule has 0 unspecified atom stereocenters. The van der Waals surface area contributed by atoms with Crippen molar-refractivity contribution in [1.82, 2.24) is 19.7 Å². The lowest BCUT2D eigenvalue weighted by Gasteiger charge is -2.32. The van der Waals surface area contributed by atoms with Gasteiger partial charge in [0.25, 0.3) is 11.8 Å². The van der Waals surface area contributed by atoms with Gasteiger partial charge in [0.05, 0.1) is 17.4 Å². The van der Waals surface area contributed by atoms with Crippen LogP contribution >= 0.6 is 0 Å². The van der Waals surface area contributed by atoms with Gasteiger partial charge < -0.3 is 4.90 Å². The van der Waals surface area contributed by atoms with Crippen LogP contribution in [0.4, 0.5) is 10.2 Å². The van der Waals surface area contributed by atoms with Crippen LogP contribution in [0.3, 0.4) is 0 Å². The first kappa shape index (κ1) is 27.6. The lowest BCUT2D eigenvalue weighted by molar-refractivity contribution is 0.0709. The molecule has 0 N–H and O–H groups in total. The van der Waals surface area contributed by atoms with Crippen LogP contribution in [0.1, 0.15) is 57.3 Å².